The van der Waals surface area contributed by atoms with Crippen molar-refractivity contribution in [2.75, 3.05) is 31.5 Å². The fraction of sp³-hybridized carbons (Fsp3) is 0.517. The number of rotatable bonds is 8. The fourth-order valence-corrected chi connectivity index (χ4v) is 7.64. The van der Waals surface area contributed by atoms with Gasteiger partial charge >= 0.3 is 6.09 Å². The molecule has 0 atom stereocenters. The molecule has 0 bridgehead atoms. The van der Waals surface area contributed by atoms with Crippen molar-refractivity contribution in [2.45, 2.75) is 70.4 Å². The number of sulfonamides is 1. The van der Waals surface area contributed by atoms with E-state index in [2.05, 4.69) is 20.3 Å². The van der Waals surface area contributed by atoms with Gasteiger partial charge in [0.15, 0.2) is 5.82 Å². The van der Waals surface area contributed by atoms with Gasteiger partial charge in [0, 0.05) is 38.3 Å². The molecule has 1 N–H and O–H groups in total. The van der Waals surface area contributed by atoms with Gasteiger partial charge in [0.05, 0.1) is 23.3 Å². The summed E-state index contributed by atoms with van der Waals surface area (Å²) in [6.45, 7) is 7.48. The van der Waals surface area contributed by atoms with Crippen molar-refractivity contribution in [1.29, 1.82) is 0 Å². The first-order valence-electron chi connectivity index (χ1n) is 14.4. The highest BCUT2D eigenvalue weighted by Crippen LogP contribution is 2.28. The second-order valence-electron chi connectivity index (χ2n) is 11.1. The summed E-state index contributed by atoms with van der Waals surface area (Å²) in [4.78, 5) is 27.0. The number of amides is 1. The molecule has 2 saturated heterocycles. The number of imidazole rings is 1. The summed E-state index contributed by atoms with van der Waals surface area (Å²) in [5.41, 5.74) is 1.67. The lowest BCUT2D eigenvalue weighted by molar-refractivity contribution is 0.0894. The lowest BCUT2D eigenvalue weighted by Crippen LogP contribution is -2.50. The molecule has 1 aromatic carbocycles. The van der Waals surface area contributed by atoms with E-state index in [9.17, 15) is 17.6 Å². The van der Waals surface area contributed by atoms with E-state index in [1.807, 2.05) is 55.7 Å². The molecule has 4 heterocycles. The topological polar surface area (TPSA) is 123 Å². The van der Waals surface area contributed by atoms with Crippen LogP contribution in [0.15, 0.2) is 42.7 Å². The van der Waals surface area contributed by atoms with E-state index in [0.717, 1.165) is 17.6 Å². The standard InChI is InChI=1S/C29H38FN7O4S/c1-20(2)37-21(3)31-18-26(37)27-25(30)17-32-28(34-27)33-23-9-15-36(16-10-23)42(39,40)24-11-13-35(14-12-24)29(38)41-19-22-7-5-4-6-8-22/h4-8,17-18,20,23-24H,9-16,19H2,1-3H3,(H,32,33,34). The minimum atomic E-state index is -3.51. The van der Waals surface area contributed by atoms with Crippen LogP contribution < -0.4 is 5.32 Å². The molecule has 0 aliphatic carbocycles. The van der Waals surface area contributed by atoms with Crippen molar-refractivity contribution in [3.05, 3.63) is 59.9 Å². The number of carbonyl (C=O) groups excluding carboxylic acids is 1. The highest BCUT2D eigenvalue weighted by Gasteiger charge is 2.37. The van der Waals surface area contributed by atoms with Crippen LogP contribution >= 0.6 is 0 Å². The Morgan fingerprint density at radius 3 is 2.40 bits per heavy atom. The van der Waals surface area contributed by atoms with E-state index in [1.165, 1.54) is 0 Å². The van der Waals surface area contributed by atoms with Gasteiger partial charge < -0.3 is 19.5 Å². The summed E-state index contributed by atoms with van der Waals surface area (Å²) >= 11 is 0. The first-order valence-corrected chi connectivity index (χ1v) is 15.9. The molecule has 11 nitrogen and oxygen atoms in total. The second kappa shape index (κ2) is 12.7. The summed E-state index contributed by atoms with van der Waals surface area (Å²) in [6.07, 6.45) is 4.25. The number of aryl methyl sites for hydroxylation is 1. The molecule has 2 aromatic heterocycles. The number of likely N-dealkylation sites (tertiary alicyclic amines) is 1. The molecular weight excluding hydrogens is 561 g/mol. The number of hydrogen-bond acceptors (Lipinski definition) is 8. The summed E-state index contributed by atoms with van der Waals surface area (Å²) in [6, 6.07) is 9.48. The monoisotopic (exact) mass is 599 g/mol. The van der Waals surface area contributed by atoms with Gasteiger partial charge in [-0.05, 0) is 52.0 Å². The minimum Gasteiger partial charge on any atom is -0.445 e. The molecule has 42 heavy (non-hydrogen) atoms. The first-order chi connectivity index (χ1) is 20.1. The molecule has 0 radical (unpaired) electrons. The molecule has 226 valence electrons. The number of ether oxygens (including phenoxy) is 1. The number of aromatic nitrogens is 4. The van der Waals surface area contributed by atoms with Crippen LogP contribution in [-0.4, -0.2) is 80.7 Å². The smallest absolute Gasteiger partial charge is 0.410 e. The van der Waals surface area contributed by atoms with E-state index in [-0.39, 0.29) is 24.4 Å². The Bertz CT molecular complexity index is 1480. The Morgan fingerprint density at radius 1 is 1.05 bits per heavy atom. The number of nitrogens with zero attached hydrogens (tertiary/aromatic N) is 6. The van der Waals surface area contributed by atoms with E-state index in [1.54, 1.807) is 15.4 Å². The van der Waals surface area contributed by atoms with E-state index < -0.39 is 27.2 Å². The first kappa shape index (κ1) is 29.9. The predicted molar refractivity (Wildman–Crippen MR) is 157 cm³/mol. The molecule has 2 fully saturated rings. The van der Waals surface area contributed by atoms with Crippen molar-refractivity contribution in [3.8, 4) is 11.4 Å². The van der Waals surface area contributed by atoms with Crippen LogP contribution in [0.5, 0.6) is 0 Å². The van der Waals surface area contributed by atoms with Crippen molar-refractivity contribution in [1.82, 2.24) is 28.7 Å². The number of anilines is 1. The van der Waals surface area contributed by atoms with Gasteiger partial charge in [0.2, 0.25) is 16.0 Å². The molecule has 5 rings (SSSR count). The molecule has 0 spiro atoms. The molecule has 13 heteroatoms. The average Bonchev–Trinajstić information content (AvgIpc) is 3.39. The molecule has 2 aliphatic rings. The van der Waals surface area contributed by atoms with Crippen LogP contribution in [0.2, 0.25) is 0 Å². The molecule has 1 amide bonds. The van der Waals surface area contributed by atoms with Gasteiger partial charge in [-0.3, -0.25) is 0 Å². The molecule has 0 saturated carbocycles. The lowest BCUT2D eigenvalue weighted by atomic mass is 10.1. The summed E-state index contributed by atoms with van der Waals surface area (Å²) in [7, 11) is -3.51. The third-order valence-corrected chi connectivity index (χ3v) is 10.4. The lowest BCUT2D eigenvalue weighted by Gasteiger charge is -2.37. The van der Waals surface area contributed by atoms with Crippen LogP contribution in [-0.2, 0) is 21.4 Å². The molecule has 3 aromatic rings. The summed E-state index contributed by atoms with van der Waals surface area (Å²) < 4.78 is 50.5. The Kier molecular flexibility index (Phi) is 9.07. The van der Waals surface area contributed by atoms with Gasteiger partial charge in [-0.15, -0.1) is 0 Å². The maximum atomic E-state index is 14.7. The van der Waals surface area contributed by atoms with Gasteiger partial charge in [-0.1, -0.05) is 30.3 Å². The number of nitrogens with one attached hydrogen (secondary N) is 1. The zero-order valence-corrected chi connectivity index (χ0v) is 25.1. The third-order valence-electron chi connectivity index (χ3n) is 7.96. The maximum absolute atomic E-state index is 14.7. The van der Waals surface area contributed by atoms with Crippen LogP contribution in [0.25, 0.3) is 11.4 Å². The van der Waals surface area contributed by atoms with Crippen molar-refractivity contribution in [2.24, 2.45) is 0 Å². The number of piperidine rings is 2. The van der Waals surface area contributed by atoms with E-state index >= 15 is 0 Å². The Hall–Kier alpha value is -3.58. The normalized spacial score (nSPS) is 17.5. The van der Waals surface area contributed by atoms with Gasteiger partial charge in [0.1, 0.15) is 18.1 Å². The highest BCUT2D eigenvalue weighted by atomic mass is 32.2. The van der Waals surface area contributed by atoms with Crippen molar-refractivity contribution >= 4 is 22.1 Å². The Morgan fingerprint density at radius 2 is 1.74 bits per heavy atom. The largest absolute Gasteiger partial charge is 0.445 e. The number of halogens is 1. The van der Waals surface area contributed by atoms with Gasteiger partial charge in [-0.25, -0.2) is 36.9 Å². The van der Waals surface area contributed by atoms with E-state index in [4.69, 9.17) is 4.74 Å². The highest BCUT2D eigenvalue weighted by molar-refractivity contribution is 7.89. The van der Waals surface area contributed by atoms with Crippen molar-refractivity contribution < 1.29 is 22.3 Å². The van der Waals surface area contributed by atoms with Gasteiger partial charge in [0.25, 0.3) is 0 Å². The van der Waals surface area contributed by atoms with Crippen molar-refractivity contribution in [3.63, 3.8) is 0 Å². The van der Waals surface area contributed by atoms with Crippen LogP contribution in [0.4, 0.5) is 15.1 Å². The van der Waals surface area contributed by atoms with E-state index in [0.29, 0.717) is 63.5 Å². The quantitative estimate of drug-likeness (QED) is 0.405. The maximum Gasteiger partial charge on any atom is 0.410 e. The average molecular weight is 600 g/mol. The predicted octanol–water partition coefficient (Wildman–Crippen LogP) is 4.38. The number of benzene rings is 1. The second-order valence-corrected chi connectivity index (χ2v) is 13.3. The summed E-state index contributed by atoms with van der Waals surface area (Å²) in [5.74, 6) is 0.543. The number of hydrogen-bond donors (Lipinski definition) is 1. The minimum absolute atomic E-state index is 0.0484. The third kappa shape index (κ3) is 6.57. The Labute approximate surface area is 246 Å². The van der Waals surface area contributed by atoms with Gasteiger partial charge in [-0.2, -0.15) is 0 Å². The fourth-order valence-electron chi connectivity index (χ4n) is 5.69. The van der Waals surface area contributed by atoms with Crippen LogP contribution in [0.3, 0.4) is 0 Å². The number of carbonyl (C=O) groups is 1. The van der Waals surface area contributed by atoms with Crippen LogP contribution in [0, 0.1) is 12.7 Å². The molecule has 0 unspecified atom stereocenters. The zero-order chi connectivity index (χ0) is 29.9. The SMILES string of the molecule is Cc1ncc(-c2nc(NC3CCN(S(=O)(=O)C4CCN(C(=O)OCc5ccccc5)CC4)CC3)ncc2F)n1C(C)C. The Balaban J connectivity index is 1.13. The van der Waals surface area contributed by atoms with Crippen LogP contribution in [0.1, 0.15) is 57.0 Å². The molecular formula is C29H38FN7O4S. The molecule has 2 aliphatic heterocycles. The zero-order valence-electron chi connectivity index (χ0n) is 24.2. The summed E-state index contributed by atoms with van der Waals surface area (Å²) in [5, 5.41) is 2.74.